The maximum absolute atomic E-state index is 11.8. The topological polar surface area (TPSA) is 50.8 Å². The van der Waals surface area contributed by atoms with Crippen molar-refractivity contribution in [2.75, 3.05) is 39.5 Å². The zero-order valence-corrected chi connectivity index (χ0v) is 10.5. The summed E-state index contributed by atoms with van der Waals surface area (Å²) in [5.41, 5.74) is 0. The summed E-state index contributed by atoms with van der Waals surface area (Å²) in [6.07, 6.45) is 2.36. The second kappa shape index (κ2) is 6.33. The Morgan fingerprint density at radius 1 is 1.41 bits per heavy atom. The Morgan fingerprint density at radius 3 is 2.82 bits per heavy atom. The predicted molar refractivity (Wildman–Crippen MR) is 63.8 cm³/mol. The smallest absolute Gasteiger partial charge is 0.248 e. The Labute approximate surface area is 102 Å². The lowest BCUT2D eigenvalue weighted by molar-refractivity contribution is -0.142. The van der Waals surface area contributed by atoms with E-state index in [0.29, 0.717) is 32.3 Å². The van der Waals surface area contributed by atoms with Crippen LogP contribution in [0.15, 0.2) is 0 Å². The lowest BCUT2D eigenvalue weighted by Crippen LogP contribution is -2.45. The van der Waals surface area contributed by atoms with Crippen molar-refractivity contribution in [3.8, 4) is 0 Å². The fraction of sp³-hybridized carbons (Fsp3) is 0.917. The quantitative estimate of drug-likeness (QED) is 0.757. The van der Waals surface area contributed by atoms with E-state index in [0.717, 1.165) is 19.4 Å². The van der Waals surface area contributed by atoms with Crippen LogP contribution in [0.1, 0.15) is 19.8 Å². The monoisotopic (exact) mass is 242 g/mol. The predicted octanol–water partition coefficient (Wildman–Crippen LogP) is 0.00230. The fourth-order valence-corrected chi connectivity index (χ4v) is 2.21. The molecule has 2 heterocycles. The van der Waals surface area contributed by atoms with Crippen molar-refractivity contribution < 1.29 is 14.3 Å². The third kappa shape index (κ3) is 3.94. The van der Waals surface area contributed by atoms with Crippen molar-refractivity contribution in [1.82, 2.24) is 10.2 Å². The van der Waals surface area contributed by atoms with Gasteiger partial charge in [-0.1, -0.05) is 0 Å². The second-order valence-electron chi connectivity index (χ2n) is 4.81. The number of rotatable bonds is 3. The SMILES string of the molecule is CC1CCC(OCC(=O)N2CCOCC2)CN1. The minimum atomic E-state index is 0.0897. The number of nitrogens with one attached hydrogen (secondary N) is 1. The summed E-state index contributed by atoms with van der Waals surface area (Å²) in [6.45, 7) is 5.93. The standard InChI is InChI=1S/C12H22N2O3/c1-10-2-3-11(8-13-10)17-9-12(15)14-4-6-16-7-5-14/h10-11,13H,2-9H2,1H3. The molecule has 0 aromatic rings. The molecule has 0 aromatic heterocycles. The molecule has 2 aliphatic heterocycles. The van der Waals surface area contributed by atoms with Gasteiger partial charge in [-0.25, -0.2) is 0 Å². The molecule has 0 spiro atoms. The van der Waals surface area contributed by atoms with Crippen LogP contribution in [0.4, 0.5) is 0 Å². The number of amides is 1. The van der Waals surface area contributed by atoms with Crippen LogP contribution < -0.4 is 5.32 Å². The summed E-state index contributed by atoms with van der Waals surface area (Å²) in [5.74, 6) is 0.0897. The highest BCUT2D eigenvalue weighted by Crippen LogP contribution is 2.11. The van der Waals surface area contributed by atoms with Gasteiger partial charge >= 0.3 is 0 Å². The Kier molecular flexibility index (Phi) is 4.76. The number of carbonyl (C=O) groups excluding carboxylic acids is 1. The molecule has 2 fully saturated rings. The van der Waals surface area contributed by atoms with E-state index >= 15 is 0 Å². The molecule has 98 valence electrons. The molecule has 1 N–H and O–H groups in total. The Hall–Kier alpha value is -0.650. The number of morpholine rings is 1. The van der Waals surface area contributed by atoms with E-state index in [-0.39, 0.29) is 18.6 Å². The summed E-state index contributed by atoms with van der Waals surface area (Å²) >= 11 is 0. The molecule has 2 rings (SSSR count). The van der Waals surface area contributed by atoms with E-state index in [4.69, 9.17) is 9.47 Å². The third-order valence-corrected chi connectivity index (χ3v) is 3.42. The highest BCUT2D eigenvalue weighted by Gasteiger charge is 2.21. The minimum Gasteiger partial charge on any atom is -0.378 e. The van der Waals surface area contributed by atoms with Gasteiger partial charge in [-0.15, -0.1) is 0 Å². The molecular weight excluding hydrogens is 220 g/mol. The molecule has 2 aliphatic rings. The first-order valence-electron chi connectivity index (χ1n) is 6.46. The van der Waals surface area contributed by atoms with Gasteiger partial charge < -0.3 is 19.7 Å². The molecule has 0 saturated carbocycles. The van der Waals surface area contributed by atoms with E-state index in [1.807, 2.05) is 4.90 Å². The first-order valence-corrected chi connectivity index (χ1v) is 6.46. The van der Waals surface area contributed by atoms with Crippen LogP contribution in [0.25, 0.3) is 0 Å². The summed E-state index contributed by atoms with van der Waals surface area (Å²) < 4.78 is 10.9. The van der Waals surface area contributed by atoms with Gasteiger partial charge in [-0.2, -0.15) is 0 Å². The van der Waals surface area contributed by atoms with E-state index in [1.165, 1.54) is 0 Å². The zero-order chi connectivity index (χ0) is 12.1. The van der Waals surface area contributed by atoms with Crippen LogP contribution in [0.5, 0.6) is 0 Å². The first-order chi connectivity index (χ1) is 8.25. The van der Waals surface area contributed by atoms with E-state index in [2.05, 4.69) is 12.2 Å². The molecule has 0 radical (unpaired) electrons. The van der Waals surface area contributed by atoms with E-state index in [9.17, 15) is 4.79 Å². The number of ether oxygens (including phenoxy) is 2. The second-order valence-corrected chi connectivity index (χ2v) is 4.81. The third-order valence-electron chi connectivity index (χ3n) is 3.42. The Bertz CT molecular complexity index is 246. The maximum atomic E-state index is 11.8. The molecule has 2 atom stereocenters. The molecule has 2 unspecified atom stereocenters. The van der Waals surface area contributed by atoms with Crippen LogP contribution in [0, 0.1) is 0 Å². The highest BCUT2D eigenvalue weighted by molar-refractivity contribution is 5.77. The van der Waals surface area contributed by atoms with Crippen molar-refractivity contribution in [2.45, 2.75) is 31.9 Å². The lowest BCUT2D eigenvalue weighted by Gasteiger charge is -2.30. The maximum Gasteiger partial charge on any atom is 0.248 e. The molecular formula is C12H22N2O3. The molecule has 1 amide bonds. The van der Waals surface area contributed by atoms with Gasteiger partial charge in [0.05, 0.1) is 19.3 Å². The van der Waals surface area contributed by atoms with Gasteiger partial charge in [0.1, 0.15) is 6.61 Å². The van der Waals surface area contributed by atoms with E-state index in [1.54, 1.807) is 0 Å². The molecule has 0 bridgehead atoms. The summed E-state index contributed by atoms with van der Waals surface area (Å²) in [5, 5.41) is 3.37. The van der Waals surface area contributed by atoms with Gasteiger partial charge in [0.15, 0.2) is 0 Å². The average Bonchev–Trinajstić information content (AvgIpc) is 2.39. The van der Waals surface area contributed by atoms with Crippen LogP contribution in [0.3, 0.4) is 0 Å². The summed E-state index contributed by atoms with van der Waals surface area (Å²) in [7, 11) is 0. The average molecular weight is 242 g/mol. The van der Waals surface area contributed by atoms with Gasteiger partial charge in [-0.3, -0.25) is 4.79 Å². The van der Waals surface area contributed by atoms with Gasteiger partial charge in [0.25, 0.3) is 0 Å². The zero-order valence-electron chi connectivity index (χ0n) is 10.5. The lowest BCUT2D eigenvalue weighted by atomic mass is 10.0. The Morgan fingerprint density at radius 2 is 2.18 bits per heavy atom. The molecule has 5 nitrogen and oxygen atoms in total. The van der Waals surface area contributed by atoms with Crippen LogP contribution >= 0.6 is 0 Å². The van der Waals surface area contributed by atoms with Crippen LogP contribution in [-0.4, -0.2) is 62.4 Å². The van der Waals surface area contributed by atoms with Gasteiger partial charge in [-0.05, 0) is 19.8 Å². The first kappa shape index (κ1) is 12.8. The number of carbonyl (C=O) groups is 1. The number of nitrogens with zero attached hydrogens (tertiary/aromatic N) is 1. The van der Waals surface area contributed by atoms with E-state index < -0.39 is 0 Å². The normalized spacial score (nSPS) is 30.3. The molecule has 0 aliphatic carbocycles. The molecule has 17 heavy (non-hydrogen) atoms. The minimum absolute atomic E-state index is 0.0897. The Balaban J connectivity index is 1.65. The van der Waals surface area contributed by atoms with Gasteiger partial charge in [0, 0.05) is 25.7 Å². The summed E-state index contributed by atoms with van der Waals surface area (Å²) in [6, 6.07) is 0.574. The highest BCUT2D eigenvalue weighted by atomic mass is 16.5. The van der Waals surface area contributed by atoms with Crippen molar-refractivity contribution >= 4 is 5.91 Å². The molecule has 5 heteroatoms. The van der Waals surface area contributed by atoms with Crippen molar-refractivity contribution in [1.29, 1.82) is 0 Å². The van der Waals surface area contributed by atoms with Crippen molar-refractivity contribution in [3.63, 3.8) is 0 Å². The number of hydrogen-bond acceptors (Lipinski definition) is 4. The van der Waals surface area contributed by atoms with Gasteiger partial charge in [0.2, 0.25) is 5.91 Å². The van der Waals surface area contributed by atoms with Crippen LogP contribution in [-0.2, 0) is 14.3 Å². The number of hydrogen-bond donors (Lipinski definition) is 1. The fourth-order valence-electron chi connectivity index (χ4n) is 2.21. The van der Waals surface area contributed by atoms with Crippen molar-refractivity contribution in [3.05, 3.63) is 0 Å². The summed E-state index contributed by atoms with van der Waals surface area (Å²) in [4.78, 5) is 13.7. The van der Waals surface area contributed by atoms with Crippen LogP contribution in [0.2, 0.25) is 0 Å². The molecule has 0 aromatic carbocycles. The largest absolute Gasteiger partial charge is 0.378 e. The van der Waals surface area contributed by atoms with Crippen molar-refractivity contribution in [2.24, 2.45) is 0 Å². The molecule has 2 saturated heterocycles. The number of piperidine rings is 1.